The van der Waals surface area contributed by atoms with Gasteiger partial charge in [-0.2, -0.15) is 0 Å². The van der Waals surface area contributed by atoms with Crippen LogP contribution in [0, 0.1) is 6.92 Å². The van der Waals surface area contributed by atoms with Crippen LogP contribution in [0.2, 0.25) is 0 Å². The Labute approximate surface area is 139 Å². The van der Waals surface area contributed by atoms with Crippen molar-refractivity contribution in [3.05, 3.63) is 42.2 Å². The van der Waals surface area contributed by atoms with Crippen LogP contribution in [-0.4, -0.2) is 45.6 Å². The molecule has 0 fully saturated rings. The third-order valence-corrected chi connectivity index (χ3v) is 4.26. The lowest BCUT2D eigenvalue weighted by atomic mass is 10.2. The molecule has 1 aromatic heterocycles. The van der Waals surface area contributed by atoms with Crippen molar-refractivity contribution in [1.29, 1.82) is 0 Å². The molecule has 2 aromatic rings. The molecule has 0 aliphatic rings. The number of benzene rings is 1. The number of hydrogen-bond acceptors (Lipinski definition) is 5. The SMILES string of the molecule is Cc1ccccc1OC[C@H](O)C(=O)NCCSc1nccn1C. The number of thioether (sulfide) groups is 1. The lowest BCUT2D eigenvalue weighted by molar-refractivity contribution is -0.130. The molecule has 0 saturated heterocycles. The fourth-order valence-electron chi connectivity index (χ4n) is 1.89. The zero-order chi connectivity index (χ0) is 16.7. The molecule has 124 valence electrons. The summed E-state index contributed by atoms with van der Waals surface area (Å²) < 4.78 is 7.39. The van der Waals surface area contributed by atoms with E-state index in [9.17, 15) is 9.90 Å². The number of rotatable bonds is 8. The van der Waals surface area contributed by atoms with Crippen molar-refractivity contribution in [2.24, 2.45) is 7.05 Å². The number of aromatic nitrogens is 2. The number of carbonyl (C=O) groups excluding carboxylic acids is 1. The Morgan fingerprint density at radius 3 is 2.96 bits per heavy atom. The highest BCUT2D eigenvalue weighted by Gasteiger charge is 2.15. The third-order valence-electron chi connectivity index (χ3n) is 3.20. The van der Waals surface area contributed by atoms with Crippen LogP contribution in [0.5, 0.6) is 5.75 Å². The van der Waals surface area contributed by atoms with Crippen LogP contribution in [-0.2, 0) is 11.8 Å². The number of nitrogens with zero attached hydrogens (tertiary/aromatic N) is 2. The molecule has 6 nitrogen and oxygen atoms in total. The average Bonchev–Trinajstić information content (AvgIpc) is 2.95. The summed E-state index contributed by atoms with van der Waals surface area (Å²) in [6, 6.07) is 7.48. The van der Waals surface area contributed by atoms with Crippen molar-refractivity contribution >= 4 is 17.7 Å². The number of amides is 1. The topological polar surface area (TPSA) is 76.4 Å². The number of nitrogens with one attached hydrogen (secondary N) is 1. The summed E-state index contributed by atoms with van der Waals surface area (Å²) in [5.41, 5.74) is 0.964. The first-order valence-corrected chi connectivity index (χ1v) is 8.31. The van der Waals surface area contributed by atoms with E-state index in [4.69, 9.17) is 4.74 Å². The van der Waals surface area contributed by atoms with E-state index in [1.165, 1.54) is 0 Å². The van der Waals surface area contributed by atoms with Crippen LogP contribution in [0.4, 0.5) is 0 Å². The lowest BCUT2D eigenvalue weighted by Crippen LogP contribution is -2.39. The Balaban J connectivity index is 1.67. The van der Waals surface area contributed by atoms with Gasteiger partial charge in [0.1, 0.15) is 12.4 Å². The predicted octanol–water partition coefficient (Wildman–Crippen LogP) is 1.38. The van der Waals surface area contributed by atoms with Crippen molar-refractivity contribution in [2.75, 3.05) is 18.9 Å². The first-order chi connectivity index (χ1) is 11.1. The summed E-state index contributed by atoms with van der Waals surface area (Å²) in [6.07, 6.45) is 2.41. The molecule has 1 atom stereocenters. The number of aliphatic hydroxyl groups excluding tert-OH is 1. The van der Waals surface area contributed by atoms with Gasteiger partial charge in [-0.15, -0.1) is 0 Å². The van der Waals surface area contributed by atoms with Gasteiger partial charge in [-0.1, -0.05) is 30.0 Å². The second-order valence-corrected chi connectivity index (χ2v) is 6.11. The average molecular weight is 335 g/mol. The maximum atomic E-state index is 11.8. The Morgan fingerprint density at radius 2 is 2.26 bits per heavy atom. The number of imidazole rings is 1. The molecule has 1 aromatic carbocycles. The second-order valence-electron chi connectivity index (χ2n) is 5.05. The highest BCUT2D eigenvalue weighted by atomic mass is 32.2. The van der Waals surface area contributed by atoms with Gasteiger partial charge in [0.25, 0.3) is 5.91 Å². The minimum absolute atomic E-state index is 0.0663. The van der Waals surface area contributed by atoms with Crippen LogP contribution >= 0.6 is 11.8 Å². The summed E-state index contributed by atoms with van der Waals surface area (Å²) in [4.78, 5) is 16.0. The van der Waals surface area contributed by atoms with Gasteiger partial charge < -0.3 is 19.7 Å². The van der Waals surface area contributed by atoms with E-state index in [0.717, 1.165) is 10.7 Å². The molecule has 0 saturated carbocycles. The van der Waals surface area contributed by atoms with Gasteiger partial charge in [-0.3, -0.25) is 4.79 Å². The van der Waals surface area contributed by atoms with E-state index in [1.54, 1.807) is 18.0 Å². The lowest BCUT2D eigenvalue weighted by Gasteiger charge is -2.13. The van der Waals surface area contributed by atoms with Crippen molar-refractivity contribution in [2.45, 2.75) is 18.2 Å². The minimum Gasteiger partial charge on any atom is -0.490 e. The van der Waals surface area contributed by atoms with E-state index >= 15 is 0 Å². The van der Waals surface area contributed by atoms with Gasteiger partial charge >= 0.3 is 0 Å². The van der Waals surface area contributed by atoms with Crippen LogP contribution in [0.3, 0.4) is 0 Å². The fourth-order valence-corrected chi connectivity index (χ4v) is 2.67. The first-order valence-electron chi connectivity index (χ1n) is 7.32. The summed E-state index contributed by atoms with van der Waals surface area (Å²) in [5, 5.41) is 13.4. The number of aliphatic hydroxyl groups is 1. The van der Waals surface area contributed by atoms with Crippen molar-refractivity contribution in [1.82, 2.24) is 14.9 Å². The van der Waals surface area contributed by atoms with Gasteiger partial charge in [0.2, 0.25) is 0 Å². The summed E-state index contributed by atoms with van der Waals surface area (Å²) >= 11 is 1.54. The maximum Gasteiger partial charge on any atom is 0.252 e. The minimum atomic E-state index is -1.19. The maximum absolute atomic E-state index is 11.8. The first kappa shape index (κ1) is 17.4. The molecule has 7 heteroatoms. The standard InChI is InChI=1S/C16H21N3O3S/c1-12-5-3-4-6-14(12)22-11-13(20)15(21)17-8-10-23-16-18-7-9-19(16)2/h3-7,9,13,20H,8,10-11H2,1-2H3,(H,17,21)/t13-/m0/s1. The molecule has 2 rings (SSSR count). The highest BCUT2D eigenvalue weighted by molar-refractivity contribution is 7.99. The molecule has 0 aliphatic heterocycles. The molecule has 0 bridgehead atoms. The van der Waals surface area contributed by atoms with Gasteiger partial charge in [0, 0.05) is 31.7 Å². The van der Waals surface area contributed by atoms with Crippen LogP contribution in [0.25, 0.3) is 0 Å². The number of aryl methyl sites for hydroxylation is 2. The summed E-state index contributed by atoms with van der Waals surface area (Å²) in [7, 11) is 1.92. The second kappa shape index (κ2) is 8.59. The Hall–Kier alpha value is -1.99. The molecule has 1 heterocycles. The largest absolute Gasteiger partial charge is 0.490 e. The number of para-hydroxylation sites is 1. The van der Waals surface area contributed by atoms with E-state index < -0.39 is 12.0 Å². The van der Waals surface area contributed by atoms with E-state index in [1.807, 2.05) is 49.0 Å². The van der Waals surface area contributed by atoms with E-state index in [0.29, 0.717) is 18.0 Å². The Bertz CT molecular complexity index is 645. The number of ether oxygens (including phenoxy) is 1. The molecular weight excluding hydrogens is 314 g/mol. The smallest absolute Gasteiger partial charge is 0.252 e. The molecule has 2 N–H and O–H groups in total. The summed E-state index contributed by atoms with van der Waals surface area (Å²) in [6.45, 7) is 2.30. The van der Waals surface area contributed by atoms with Crippen molar-refractivity contribution in [3.8, 4) is 5.75 Å². The molecule has 0 unspecified atom stereocenters. The van der Waals surface area contributed by atoms with Gasteiger partial charge in [-0.05, 0) is 18.6 Å². The van der Waals surface area contributed by atoms with Crippen molar-refractivity contribution < 1.29 is 14.6 Å². The number of carbonyl (C=O) groups is 1. The fraction of sp³-hybridized carbons (Fsp3) is 0.375. The zero-order valence-corrected chi connectivity index (χ0v) is 14.0. The van der Waals surface area contributed by atoms with E-state index in [-0.39, 0.29) is 6.61 Å². The highest BCUT2D eigenvalue weighted by Crippen LogP contribution is 2.16. The molecule has 1 amide bonds. The monoisotopic (exact) mass is 335 g/mol. The van der Waals surface area contributed by atoms with Gasteiger partial charge in [-0.25, -0.2) is 4.98 Å². The number of hydrogen-bond donors (Lipinski definition) is 2. The molecule has 0 aliphatic carbocycles. The van der Waals surface area contributed by atoms with Crippen molar-refractivity contribution in [3.63, 3.8) is 0 Å². The van der Waals surface area contributed by atoms with Crippen LogP contribution in [0.15, 0.2) is 41.8 Å². The molecular formula is C16H21N3O3S. The zero-order valence-electron chi connectivity index (χ0n) is 13.2. The Morgan fingerprint density at radius 1 is 1.48 bits per heavy atom. The summed E-state index contributed by atoms with van der Waals surface area (Å²) in [5.74, 6) is 0.922. The van der Waals surface area contributed by atoms with Gasteiger partial charge in [0.05, 0.1) is 0 Å². The third kappa shape index (κ3) is 5.30. The quantitative estimate of drug-likeness (QED) is 0.563. The molecule has 0 radical (unpaired) electrons. The van der Waals surface area contributed by atoms with E-state index in [2.05, 4.69) is 10.3 Å². The predicted molar refractivity (Wildman–Crippen MR) is 89.6 cm³/mol. The molecule has 0 spiro atoms. The van der Waals surface area contributed by atoms with Crippen LogP contribution in [0.1, 0.15) is 5.56 Å². The normalized spacial score (nSPS) is 12.0. The van der Waals surface area contributed by atoms with Gasteiger partial charge in [0.15, 0.2) is 11.3 Å². The Kier molecular flexibility index (Phi) is 6.49. The molecule has 23 heavy (non-hydrogen) atoms. The van der Waals surface area contributed by atoms with Crippen LogP contribution < -0.4 is 10.1 Å².